The summed E-state index contributed by atoms with van der Waals surface area (Å²) in [4.78, 5) is 13.4. The van der Waals surface area contributed by atoms with Crippen LogP contribution in [0.15, 0.2) is 0 Å². The molecule has 1 fully saturated rings. The lowest BCUT2D eigenvalue weighted by molar-refractivity contribution is -0.133. The quantitative estimate of drug-likeness (QED) is 0.599. The number of alkyl halides is 1. The van der Waals surface area contributed by atoms with E-state index in [-0.39, 0.29) is 16.7 Å². The zero-order chi connectivity index (χ0) is 10.1. The SMILES string of the molecule is CCC(=O)N1CCC(Cl)C(C)(C)C1. The van der Waals surface area contributed by atoms with Gasteiger partial charge in [-0.15, -0.1) is 11.6 Å². The summed E-state index contributed by atoms with van der Waals surface area (Å²) in [5, 5.41) is 0.202. The Morgan fingerprint density at radius 3 is 2.69 bits per heavy atom. The Morgan fingerprint density at radius 1 is 1.62 bits per heavy atom. The fourth-order valence-corrected chi connectivity index (χ4v) is 1.93. The Kier molecular flexibility index (Phi) is 3.23. The average Bonchev–Trinajstić information content (AvgIpc) is 2.08. The van der Waals surface area contributed by atoms with Gasteiger partial charge in [-0.05, 0) is 11.8 Å². The number of hydrogen-bond donors (Lipinski definition) is 0. The molecule has 1 heterocycles. The van der Waals surface area contributed by atoms with Gasteiger partial charge in [-0.25, -0.2) is 0 Å². The summed E-state index contributed by atoms with van der Waals surface area (Å²) in [7, 11) is 0. The molecule has 0 N–H and O–H groups in total. The summed E-state index contributed by atoms with van der Waals surface area (Å²) in [6.45, 7) is 7.78. The van der Waals surface area contributed by atoms with Crippen LogP contribution in [0.1, 0.15) is 33.6 Å². The predicted octanol–water partition coefficient (Wildman–Crippen LogP) is 2.26. The molecular weight excluding hydrogens is 186 g/mol. The Morgan fingerprint density at radius 2 is 2.23 bits per heavy atom. The van der Waals surface area contributed by atoms with E-state index in [0.717, 1.165) is 19.5 Å². The van der Waals surface area contributed by atoms with Crippen LogP contribution in [0, 0.1) is 5.41 Å². The first-order valence-corrected chi connectivity index (χ1v) is 5.33. The highest BCUT2D eigenvalue weighted by Crippen LogP contribution is 2.33. The summed E-state index contributed by atoms with van der Waals surface area (Å²) in [6, 6.07) is 0. The van der Waals surface area contributed by atoms with Crippen molar-refractivity contribution in [3.8, 4) is 0 Å². The van der Waals surface area contributed by atoms with Crippen LogP contribution in [-0.2, 0) is 4.79 Å². The Hall–Kier alpha value is -0.240. The number of likely N-dealkylation sites (tertiary alicyclic amines) is 1. The van der Waals surface area contributed by atoms with Gasteiger partial charge in [-0.3, -0.25) is 4.79 Å². The normalized spacial score (nSPS) is 27.4. The predicted molar refractivity (Wildman–Crippen MR) is 54.9 cm³/mol. The van der Waals surface area contributed by atoms with Crippen molar-refractivity contribution in [1.82, 2.24) is 4.90 Å². The Bertz CT molecular complexity index is 203. The number of hydrogen-bond acceptors (Lipinski definition) is 1. The molecule has 2 nitrogen and oxygen atoms in total. The number of rotatable bonds is 1. The van der Waals surface area contributed by atoms with Gasteiger partial charge < -0.3 is 4.90 Å². The molecule has 1 saturated heterocycles. The molecule has 3 heteroatoms. The van der Waals surface area contributed by atoms with Crippen LogP contribution >= 0.6 is 11.6 Å². The van der Waals surface area contributed by atoms with E-state index < -0.39 is 0 Å². The summed E-state index contributed by atoms with van der Waals surface area (Å²) >= 11 is 6.18. The van der Waals surface area contributed by atoms with Crippen molar-refractivity contribution < 1.29 is 4.79 Å². The molecule has 0 aromatic heterocycles. The van der Waals surface area contributed by atoms with Gasteiger partial charge in [0, 0.05) is 24.9 Å². The van der Waals surface area contributed by atoms with E-state index >= 15 is 0 Å². The van der Waals surface area contributed by atoms with Crippen LogP contribution in [0.3, 0.4) is 0 Å². The van der Waals surface area contributed by atoms with Crippen LogP contribution in [0.25, 0.3) is 0 Å². The zero-order valence-corrected chi connectivity index (χ0v) is 9.40. The molecule has 0 radical (unpaired) electrons. The monoisotopic (exact) mass is 203 g/mol. The van der Waals surface area contributed by atoms with Crippen LogP contribution in [0.5, 0.6) is 0 Å². The highest BCUT2D eigenvalue weighted by atomic mass is 35.5. The third kappa shape index (κ3) is 2.37. The molecule has 1 aliphatic heterocycles. The second-order valence-corrected chi connectivity index (χ2v) is 4.94. The van der Waals surface area contributed by atoms with Crippen molar-refractivity contribution in [3.05, 3.63) is 0 Å². The second kappa shape index (κ2) is 3.87. The average molecular weight is 204 g/mol. The van der Waals surface area contributed by atoms with E-state index in [1.807, 2.05) is 11.8 Å². The van der Waals surface area contributed by atoms with Crippen molar-refractivity contribution in [1.29, 1.82) is 0 Å². The minimum atomic E-state index is 0.0602. The van der Waals surface area contributed by atoms with E-state index in [9.17, 15) is 4.79 Å². The minimum absolute atomic E-state index is 0.0602. The maximum absolute atomic E-state index is 11.4. The second-order valence-electron chi connectivity index (χ2n) is 4.41. The van der Waals surface area contributed by atoms with E-state index in [1.165, 1.54) is 0 Å². The van der Waals surface area contributed by atoms with Gasteiger partial charge in [-0.1, -0.05) is 20.8 Å². The number of carbonyl (C=O) groups is 1. The van der Waals surface area contributed by atoms with Gasteiger partial charge >= 0.3 is 0 Å². The van der Waals surface area contributed by atoms with Crippen molar-refractivity contribution >= 4 is 17.5 Å². The molecule has 13 heavy (non-hydrogen) atoms. The van der Waals surface area contributed by atoms with Crippen molar-refractivity contribution in [2.45, 2.75) is 39.0 Å². The first-order valence-electron chi connectivity index (χ1n) is 4.89. The molecule has 1 amide bonds. The van der Waals surface area contributed by atoms with E-state index in [4.69, 9.17) is 11.6 Å². The molecule has 0 aromatic carbocycles. The molecule has 0 aromatic rings. The standard InChI is InChI=1S/C10H18ClNO/c1-4-9(13)12-6-5-8(11)10(2,3)7-12/h8H,4-7H2,1-3H3. The number of piperidine rings is 1. The van der Waals surface area contributed by atoms with E-state index in [0.29, 0.717) is 6.42 Å². The number of amides is 1. The lowest BCUT2D eigenvalue weighted by Crippen LogP contribution is -2.48. The van der Waals surface area contributed by atoms with Gasteiger partial charge in [-0.2, -0.15) is 0 Å². The first-order chi connectivity index (χ1) is 5.97. The topological polar surface area (TPSA) is 20.3 Å². The lowest BCUT2D eigenvalue weighted by atomic mass is 9.83. The largest absolute Gasteiger partial charge is 0.342 e. The highest BCUT2D eigenvalue weighted by molar-refractivity contribution is 6.21. The van der Waals surface area contributed by atoms with Crippen molar-refractivity contribution in [2.24, 2.45) is 5.41 Å². The number of nitrogens with zero attached hydrogens (tertiary/aromatic N) is 1. The highest BCUT2D eigenvalue weighted by Gasteiger charge is 2.35. The fraction of sp³-hybridized carbons (Fsp3) is 0.900. The number of halogens is 1. The molecule has 1 unspecified atom stereocenters. The summed E-state index contributed by atoms with van der Waals surface area (Å²) < 4.78 is 0. The first kappa shape index (κ1) is 10.8. The Labute approximate surface area is 85.2 Å². The molecule has 0 spiro atoms. The fourth-order valence-electron chi connectivity index (χ4n) is 1.77. The van der Waals surface area contributed by atoms with Gasteiger partial charge in [0.2, 0.25) is 5.91 Å². The maximum atomic E-state index is 11.4. The van der Waals surface area contributed by atoms with Gasteiger partial charge in [0.25, 0.3) is 0 Å². The van der Waals surface area contributed by atoms with Gasteiger partial charge in [0.15, 0.2) is 0 Å². The van der Waals surface area contributed by atoms with Crippen LogP contribution in [-0.4, -0.2) is 29.3 Å². The van der Waals surface area contributed by atoms with Crippen LogP contribution in [0.4, 0.5) is 0 Å². The molecule has 1 rings (SSSR count). The Balaban J connectivity index is 2.60. The lowest BCUT2D eigenvalue weighted by Gasteiger charge is -2.41. The van der Waals surface area contributed by atoms with Gasteiger partial charge in [0.05, 0.1) is 0 Å². The zero-order valence-electron chi connectivity index (χ0n) is 8.64. The third-order valence-electron chi connectivity index (χ3n) is 2.75. The molecule has 0 saturated carbocycles. The van der Waals surface area contributed by atoms with Crippen molar-refractivity contribution in [3.63, 3.8) is 0 Å². The molecular formula is C10H18ClNO. The van der Waals surface area contributed by atoms with Gasteiger partial charge in [0.1, 0.15) is 0 Å². The minimum Gasteiger partial charge on any atom is -0.342 e. The van der Waals surface area contributed by atoms with Crippen LogP contribution in [0.2, 0.25) is 0 Å². The molecule has 0 bridgehead atoms. The molecule has 1 atom stereocenters. The molecule has 0 aliphatic carbocycles. The van der Waals surface area contributed by atoms with Crippen LogP contribution < -0.4 is 0 Å². The molecule has 76 valence electrons. The maximum Gasteiger partial charge on any atom is 0.222 e. The summed E-state index contributed by atoms with van der Waals surface area (Å²) in [5.41, 5.74) is 0.0602. The molecule has 1 aliphatic rings. The summed E-state index contributed by atoms with van der Waals surface area (Å²) in [5.74, 6) is 0.247. The third-order valence-corrected chi connectivity index (χ3v) is 3.56. The van der Waals surface area contributed by atoms with Crippen molar-refractivity contribution in [2.75, 3.05) is 13.1 Å². The summed E-state index contributed by atoms with van der Waals surface area (Å²) in [6.07, 6.45) is 1.52. The smallest absolute Gasteiger partial charge is 0.222 e. The van der Waals surface area contributed by atoms with E-state index in [2.05, 4.69) is 13.8 Å². The number of carbonyl (C=O) groups excluding carboxylic acids is 1. The van der Waals surface area contributed by atoms with E-state index in [1.54, 1.807) is 0 Å².